The predicted molar refractivity (Wildman–Crippen MR) is 43.6 cm³/mol. The molecule has 1 aliphatic heterocycles. The SMILES string of the molecule is FC(F)CN1CCc2cn[nH]c2C1. The Morgan fingerprint density at radius 3 is 3.23 bits per heavy atom. The Morgan fingerprint density at radius 1 is 1.62 bits per heavy atom. The number of aromatic amines is 1. The molecular formula is C8H11F2N3. The molecule has 0 fully saturated rings. The fraction of sp³-hybridized carbons (Fsp3) is 0.625. The molecule has 1 aromatic rings. The number of hydrogen-bond donors (Lipinski definition) is 1. The second kappa shape index (κ2) is 3.41. The van der Waals surface area contributed by atoms with E-state index in [0.717, 1.165) is 17.7 Å². The number of H-pyrrole nitrogens is 1. The lowest BCUT2D eigenvalue weighted by Crippen LogP contribution is -2.34. The molecule has 1 N–H and O–H groups in total. The maximum atomic E-state index is 12.1. The maximum Gasteiger partial charge on any atom is 0.251 e. The number of fused-ring (bicyclic) bond motifs is 1. The van der Waals surface area contributed by atoms with Gasteiger partial charge in [0, 0.05) is 13.1 Å². The van der Waals surface area contributed by atoms with Gasteiger partial charge in [-0.15, -0.1) is 0 Å². The van der Waals surface area contributed by atoms with Gasteiger partial charge in [-0.3, -0.25) is 10.00 Å². The highest BCUT2D eigenvalue weighted by atomic mass is 19.3. The average molecular weight is 187 g/mol. The van der Waals surface area contributed by atoms with E-state index in [4.69, 9.17) is 0 Å². The van der Waals surface area contributed by atoms with Gasteiger partial charge in [-0.2, -0.15) is 5.10 Å². The largest absolute Gasteiger partial charge is 0.292 e. The minimum absolute atomic E-state index is 0.140. The van der Waals surface area contributed by atoms with Crippen LogP contribution in [0.25, 0.3) is 0 Å². The molecule has 72 valence electrons. The Hall–Kier alpha value is -0.970. The lowest BCUT2D eigenvalue weighted by atomic mass is 10.1. The Morgan fingerprint density at radius 2 is 2.46 bits per heavy atom. The van der Waals surface area contributed by atoms with Crippen LogP contribution in [0.3, 0.4) is 0 Å². The molecule has 0 radical (unpaired) electrons. The molecule has 0 aromatic carbocycles. The molecule has 1 aromatic heterocycles. The molecule has 0 bridgehead atoms. The van der Waals surface area contributed by atoms with Crippen molar-refractivity contribution < 1.29 is 8.78 Å². The second-order valence-electron chi connectivity index (χ2n) is 3.25. The first-order valence-electron chi connectivity index (χ1n) is 4.27. The highest BCUT2D eigenvalue weighted by Crippen LogP contribution is 2.16. The summed E-state index contributed by atoms with van der Waals surface area (Å²) in [5, 5.41) is 6.70. The van der Waals surface area contributed by atoms with Gasteiger partial charge in [-0.25, -0.2) is 8.78 Å². The van der Waals surface area contributed by atoms with Crippen LogP contribution in [0.15, 0.2) is 6.20 Å². The van der Waals surface area contributed by atoms with Crippen molar-refractivity contribution in [3.05, 3.63) is 17.5 Å². The van der Waals surface area contributed by atoms with Gasteiger partial charge < -0.3 is 0 Å². The van der Waals surface area contributed by atoms with Crippen LogP contribution in [0, 0.1) is 0 Å². The molecule has 3 nitrogen and oxygen atoms in total. The highest BCUT2D eigenvalue weighted by molar-refractivity contribution is 5.18. The van der Waals surface area contributed by atoms with Gasteiger partial charge in [-0.1, -0.05) is 0 Å². The number of alkyl halides is 2. The summed E-state index contributed by atoms with van der Waals surface area (Å²) in [5.41, 5.74) is 2.14. The molecule has 0 spiro atoms. The summed E-state index contributed by atoms with van der Waals surface area (Å²) in [4.78, 5) is 1.74. The maximum absolute atomic E-state index is 12.1. The minimum Gasteiger partial charge on any atom is -0.292 e. The van der Waals surface area contributed by atoms with E-state index in [1.54, 1.807) is 11.1 Å². The number of nitrogens with zero attached hydrogens (tertiary/aromatic N) is 2. The Balaban J connectivity index is 2.00. The molecule has 0 unspecified atom stereocenters. The van der Waals surface area contributed by atoms with Crippen LogP contribution in [0.4, 0.5) is 8.78 Å². The van der Waals surface area contributed by atoms with Gasteiger partial charge in [-0.05, 0) is 12.0 Å². The van der Waals surface area contributed by atoms with Gasteiger partial charge in [0.2, 0.25) is 0 Å². The molecule has 0 amide bonds. The normalized spacial score (nSPS) is 17.8. The molecule has 5 heteroatoms. The molecule has 0 aliphatic carbocycles. The van der Waals surface area contributed by atoms with Crippen molar-refractivity contribution in [3.8, 4) is 0 Å². The quantitative estimate of drug-likeness (QED) is 0.750. The minimum atomic E-state index is -2.25. The number of nitrogens with one attached hydrogen (secondary N) is 1. The topological polar surface area (TPSA) is 31.9 Å². The van der Waals surface area contributed by atoms with Crippen LogP contribution < -0.4 is 0 Å². The third-order valence-electron chi connectivity index (χ3n) is 2.28. The second-order valence-corrected chi connectivity index (χ2v) is 3.25. The average Bonchev–Trinajstić information content (AvgIpc) is 2.49. The molecule has 13 heavy (non-hydrogen) atoms. The zero-order chi connectivity index (χ0) is 9.26. The number of halogens is 2. The number of hydrogen-bond acceptors (Lipinski definition) is 2. The van der Waals surface area contributed by atoms with Gasteiger partial charge >= 0.3 is 0 Å². The van der Waals surface area contributed by atoms with Crippen molar-refractivity contribution >= 4 is 0 Å². The summed E-state index contributed by atoms with van der Waals surface area (Å²) >= 11 is 0. The zero-order valence-electron chi connectivity index (χ0n) is 7.13. The molecule has 0 saturated heterocycles. The fourth-order valence-electron chi connectivity index (χ4n) is 1.62. The van der Waals surface area contributed by atoms with Crippen LogP contribution in [0.2, 0.25) is 0 Å². The third kappa shape index (κ3) is 1.85. The molecule has 2 heterocycles. The zero-order valence-corrected chi connectivity index (χ0v) is 7.13. The van der Waals surface area contributed by atoms with Crippen LogP contribution >= 0.6 is 0 Å². The highest BCUT2D eigenvalue weighted by Gasteiger charge is 2.19. The van der Waals surface area contributed by atoms with Gasteiger partial charge in [0.1, 0.15) is 0 Å². The summed E-state index contributed by atoms with van der Waals surface area (Å²) < 4.78 is 24.1. The Labute approximate surface area is 74.7 Å². The lowest BCUT2D eigenvalue weighted by molar-refractivity contribution is 0.0814. The summed E-state index contributed by atoms with van der Waals surface area (Å²) in [6, 6.07) is 0. The predicted octanol–water partition coefficient (Wildman–Crippen LogP) is 1.03. The summed E-state index contributed by atoms with van der Waals surface area (Å²) in [6.45, 7) is 1.13. The van der Waals surface area contributed by atoms with Gasteiger partial charge in [0.15, 0.2) is 0 Å². The summed E-state index contributed by atoms with van der Waals surface area (Å²) in [6.07, 6.45) is 0.345. The fourth-order valence-corrected chi connectivity index (χ4v) is 1.62. The van der Waals surface area contributed by atoms with E-state index < -0.39 is 6.43 Å². The molecule has 1 aliphatic rings. The van der Waals surface area contributed by atoms with Crippen molar-refractivity contribution in [2.45, 2.75) is 19.4 Å². The number of aromatic nitrogens is 2. The molecule has 0 saturated carbocycles. The van der Waals surface area contributed by atoms with E-state index >= 15 is 0 Å². The van der Waals surface area contributed by atoms with Crippen molar-refractivity contribution in [1.82, 2.24) is 15.1 Å². The summed E-state index contributed by atoms with van der Waals surface area (Å²) in [7, 11) is 0. The standard InChI is InChI=1S/C8H11F2N3/c9-8(10)5-13-2-1-6-3-11-12-7(6)4-13/h3,8H,1-2,4-5H2,(H,11,12). The smallest absolute Gasteiger partial charge is 0.251 e. The van der Waals surface area contributed by atoms with Crippen molar-refractivity contribution in [2.75, 3.05) is 13.1 Å². The third-order valence-corrected chi connectivity index (χ3v) is 2.28. The van der Waals surface area contributed by atoms with Crippen LogP contribution in [0.5, 0.6) is 0 Å². The van der Waals surface area contributed by atoms with Crippen molar-refractivity contribution in [2.24, 2.45) is 0 Å². The van der Waals surface area contributed by atoms with Crippen molar-refractivity contribution in [3.63, 3.8) is 0 Å². The monoisotopic (exact) mass is 187 g/mol. The first kappa shape index (κ1) is 8.62. The van der Waals surface area contributed by atoms with Gasteiger partial charge in [0.25, 0.3) is 6.43 Å². The van der Waals surface area contributed by atoms with Crippen LogP contribution in [-0.2, 0) is 13.0 Å². The van der Waals surface area contributed by atoms with E-state index in [1.165, 1.54) is 0 Å². The van der Waals surface area contributed by atoms with Crippen LogP contribution in [0.1, 0.15) is 11.3 Å². The number of rotatable bonds is 2. The van der Waals surface area contributed by atoms with Crippen molar-refractivity contribution in [1.29, 1.82) is 0 Å². The first-order chi connectivity index (χ1) is 6.25. The first-order valence-corrected chi connectivity index (χ1v) is 4.27. The van der Waals surface area contributed by atoms with E-state index in [-0.39, 0.29) is 6.54 Å². The van der Waals surface area contributed by atoms with E-state index in [2.05, 4.69) is 10.2 Å². The van der Waals surface area contributed by atoms with E-state index in [1.807, 2.05) is 0 Å². The molecular weight excluding hydrogens is 176 g/mol. The van der Waals surface area contributed by atoms with Gasteiger partial charge in [0.05, 0.1) is 18.4 Å². The molecule has 0 atom stereocenters. The van der Waals surface area contributed by atoms with Crippen LogP contribution in [-0.4, -0.2) is 34.6 Å². The Kier molecular flexibility index (Phi) is 2.26. The van der Waals surface area contributed by atoms with E-state index in [9.17, 15) is 8.78 Å². The Bertz CT molecular complexity index is 285. The summed E-state index contributed by atoms with van der Waals surface area (Å²) in [5.74, 6) is 0. The van der Waals surface area contributed by atoms with E-state index in [0.29, 0.717) is 13.1 Å². The molecule has 2 rings (SSSR count). The lowest BCUT2D eigenvalue weighted by Gasteiger charge is -2.25.